The lowest BCUT2D eigenvalue weighted by molar-refractivity contribution is 0.454. The molecule has 0 aliphatic heterocycles. The predicted molar refractivity (Wildman–Crippen MR) is 47.6 cm³/mol. The van der Waals surface area contributed by atoms with Gasteiger partial charge in [-0.2, -0.15) is 0 Å². The summed E-state index contributed by atoms with van der Waals surface area (Å²) in [7, 11) is 0. The molecule has 11 heavy (non-hydrogen) atoms. The Bertz CT molecular complexity index is 224. The summed E-state index contributed by atoms with van der Waals surface area (Å²) in [5.74, 6) is 5.45. The number of thiocarbonyl (C=S) groups is 1. The number of nitrogens with zero attached hydrogens (tertiary/aromatic N) is 2. The fourth-order valence-electron chi connectivity index (χ4n) is 0.740. The summed E-state index contributed by atoms with van der Waals surface area (Å²) < 4.78 is 0. The van der Waals surface area contributed by atoms with Gasteiger partial charge in [-0.3, -0.25) is 4.98 Å². The minimum Gasteiger partial charge on any atom is -0.303 e. The topological polar surface area (TPSA) is 42.1 Å². The number of rotatable bonds is 3. The highest BCUT2D eigenvalue weighted by Gasteiger charge is 1.93. The molecule has 1 aromatic heterocycles. The lowest BCUT2D eigenvalue weighted by atomic mass is 10.3. The van der Waals surface area contributed by atoms with Crippen LogP contribution < -0.4 is 5.84 Å². The maximum Gasteiger partial charge on any atom is 0.0789 e. The van der Waals surface area contributed by atoms with Crippen molar-refractivity contribution in [3.05, 3.63) is 30.1 Å². The highest BCUT2D eigenvalue weighted by atomic mass is 32.1. The Morgan fingerprint density at radius 2 is 2.55 bits per heavy atom. The second kappa shape index (κ2) is 4.00. The van der Waals surface area contributed by atoms with Crippen molar-refractivity contribution in [1.82, 2.24) is 9.99 Å². The molecule has 0 unspecified atom stereocenters. The smallest absolute Gasteiger partial charge is 0.0789 e. The SMILES string of the molecule is NN(C=S)Cc1cccnc1. The fourth-order valence-corrected chi connectivity index (χ4v) is 0.814. The van der Waals surface area contributed by atoms with Crippen molar-refractivity contribution in [1.29, 1.82) is 0 Å². The third-order valence-corrected chi connectivity index (χ3v) is 1.49. The van der Waals surface area contributed by atoms with Crippen LogP contribution in [0.15, 0.2) is 24.5 Å². The molecule has 1 heterocycles. The van der Waals surface area contributed by atoms with E-state index in [0.717, 1.165) is 5.56 Å². The van der Waals surface area contributed by atoms with Crippen molar-refractivity contribution in [2.75, 3.05) is 0 Å². The van der Waals surface area contributed by atoms with Crippen molar-refractivity contribution in [3.8, 4) is 0 Å². The molecule has 0 bridgehead atoms. The molecule has 1 aromatic rings. The summed E-state index contributed by atoms with van der Waals surface area (Å²) >= 11 is 4.63. The van der Waals surface area contributed by atoms with Gasteiger partial charge in [0.25, 0.3) is 0 Å². The molecule has 0 aliphatic rings. The Kier molecular flexibility index (Phi) is 2.95. The number of hydrogen-bond acceptors (Lipinski definition) is 3. The molecule has 0 aliphatic carbocycles. The number of hydrazine groups is 1. The molecule has 0 radical (unpaired) electrons. The third-order valence-electron chi connectivity index (χ3n) is 1.22. The van der Waals surface area contributed by atoms with Crippen LogP contribution in [-0.4, -0.2) is 15.5 Å². The van der Waals surface area contributed by atoms with E-state index in [0.29, 0.717) is 6.54 Å². The lowest BCUT2D eigenvalue weighted by Gasteiger charge is -2.10. The maximum atomic E-state index is 5.45. The van der Waals surface area contributed by atoms with E-state index >= 15 is 0 Å². The summed E-state index contributed by atoms with van der Waals surface area (Å²) in [4.78, 5) is 3.94. The first kappa shape index (κ1) is 8.10. The fraction of sp³-hybridized carbons (Fsp3) is 0.143. The minimum atomic E-state index is 0.608. The Hall–Kier alpha value is -1.00. The van der Waals surface area contributed by atoms with Crippen LogP contribution in [0.5, 0.6) is 0 Å². The molecule has 3 nitrogen and oxygen atoms in total. The van der Waals surface area contributed by atoms with Gasteiger partial charge in [-0.25, -0.2) is 5.84 Å². The van der Waals surface area contributed by atoms with Crippen molar-refractivity contribution in [3.63, 3.8) is 0 Å². The largest absolute Gasteiger partial charge is 0.303 e. The minimum absolute atomic E-state index is 0.608. The first-order valence-corrected chi connectivity index (χ1v) is 3.65. The van der Waals surface area contributed by atoms with E-state index in [9.17, 15) is 0 Å². The van der Waals surface area contributed by atoms with Crippen molar-refractivity contribution in [2.24, 2.45) is 5.84 Å². The average molecular weight is 167 g/mol. The number of aromatic nitrogens is 1. The average Bonchev–Trinajstić information content (AvgIpc) is 2.06. The summed E-state index contributed by atoms with van der Waals surface area (Å²) in [6.45, 7) is 0.608. The number of pyridine rings is 1. The van der Waals surface area contributed by atoms with Gasteiger partial charge in [0.2, 0.25) is 0 Å². The molecular formula is C7H9N3S. The Morgan fingerprint density at radius 3 is 3.09 bits per heavy atom. The van der Waals surface area contributed by atoms with Gasteiger partial charge in [-0.05, 0) is 11.6 Å². The second-order valence-corrected chi connectivity index (χ2v) is 2.35. The molecule has 58 valence electrons. The third kappa shape index (κ3) is 2.61. The molecule has 1 rings (SSSR count). The quantitative estimate of drug-likeness (QED) is 0.409. The van der Waals surface area contributed by atoms with Gasteiger partial charge in [0.05, 0.1) is 12.0 Å². The van der Waals surface area contributed by atoms with Crippen LogP contribution in [0, 0.1) is 0 Å². The van der Waals surface area contributed by atoms with Crippen LogP contribution in [0.4, 0.5) is 0 Å². The number of nitrogens with two attached hydrogens (primary N) is 1. The van der Waals surface area contributed by atoms with E-state index in [1.165, 1.54) is 10.5 Å². The Balaban J connectivity index is 2.57. The van der Waals surface area contributed by atoms with Gasteiger partial charge in [0.1, 0.15) is 0 Å². The van der Waals surface area contributed by atoms with E-state index < -0.39 is 0 Å². The summed E-state index contributed by atoms with van der Waals surface area (Å²) in [5.41, 5.74) is 2.46. The monoisotopic (exact) mass is 167 g/mol. The van der Waals surface area contributed by atoms with Gasteiger partial charge >= 0.3 is 0 Å². The normalized spacial score (nSPS) is 9.18. The lowest BCUT2D eigenvalue weighted by Crippen LogP contribution is -2.27. The predicted octanol–water partition coefficient (Wildman–Crippen LogP) is 0.715. The van der Waals surface area contributed by atoms with Crippen molar-refractivity contribution in [2.45, 2.75) is 6.54 Å². The zero-order valence-corrected chi connectivity index (χ0v) is 6.79. The van der Waals surface area contributed by atoms with E-state index in [4.69, 9.17) is 5.84 Å². The molecular weight excluding hydrogens is 158 g/mol. The summed E-state index contributed by atoms with van der Waals surface area (Å²) in [5, 5.41) is 1.44. The molecule has 0 amide bonds. The van der Waals surface area contributed by atoms with Crippen LogP contribution in [0.25, 0.3) is 0 Å². The molecule has 0 saturated carbocycles. The van der Waals surface area contributed by atoms with Crippen molar-refractivity contribution < 1.29 is 0 Å². The first-order chi connectivity index (χ1) is 5.33. The number of hydrogen-bond donors (Lipinski definition) is 1. The summed E-state index contributed by atoms with van der Waals surface area (Å²) in [6, 6.07) is 3.82. The molecule has 0 fully saturated rings. The molecule has 0 aromatic carbocycles. The van der Waals surface area contributed by atoms with Crippen LogP contribution in [-0.2, 0) is 6.54 Å². The standard InChI is InChI=1S/C7H9N3S/c8-10(6-11)5-7-2-1-3-9-4-7/h1-4,6H,5,8H2. The zero-order chi connectivity index (χ0) is 8.10. The molecule has 0 saturated heterocycles. The summed E-state index contributed by atoms with van der Waals surface area (Å²) in [6.07, 6.45) is 3.49. The van der Waals surface area contributed by atoms with Crippen LogP contribution >= 0.6 is 12.2 Å². The van der Waals surface area contributed by atoms with Gasteiger partial charge in [0, 0.05) is 12.4 Å². The molecule has 4 heteroatoms. The van der Waals surface area contributed by atoms with Gasteiger partial charge in [-0.1, -0.05) is 18.3 Å². The Labute approximate surface area is 70.8 Å². The first-order valence-electron chi connectivity index (χ1n) is 3.18. The van der Waals surface area contributed by atoms with Crippen LogP contribution in [0.2, 0.25) is 0 Å². The van der Waals surface area contributed by atoms with Gasteiger partial charge in [0.15, 0.2) is 0 Å². The van der Waals surface area contributed by atoms with E-state index in [-0.39, 0.29) is 0 Å². The van der Waals surface area contributed by atoms with E-state index in [1.54, 1.807) is 12.4 Å². The maximum absolute atomic E-state index is 5.45. The highest BCUT2D eigenvalue weighted by Crippen LogP contribution is 1.96. The van der Waals surface area contributed by atoms with Gasteiger partial charge in [-0.15, -0.1) is 0 Å². The zero-order valence-electron chi connectivity index (χ0n) is 5.97. The van der Waals surface area contributed by atoms with Gasteiger partial charge < -0.3 is 5.01 Å². The van der Waals surface area contributed by atoms with E-state index in [1.807, 2.05) is 12.1 Å². The van der Waals surface area contributed by atoms with Crippen LogP contribution in [0.1, 0.15) is 5.56 Å². The van der Waals surface area contributed by atoms with Crippen LogP contribution in [0.3, 0.4) is 0 Å². The Morgan fingerprint density at radius 1 is 1.73 bits per heavy atom. The van der Waals surface area contributed by atoms with E-state index in [2.05, 4.69) is 17.2 Å². The molecule has 0 spiro atoms. The highest BCUT2D eigenvalue weighted by molar-refractivity contribution is 7.78. The van der Waals surface area contributed by atoms with Crippen molar-refractivity contribution >= 4 is 17.7 Å². The molecule has 2 N–H and O–H groups in total. The molecule has 0 atom stereocenters. The second-order valence-electron chi connectivity index (χ2n) is 2.14.